The number of ether oxygens (including phenoxy) is 3. The molecule has 0 bridgehead atoms. The number of methoxy groups -OCH3 is 3. The summed E-state index contributed by atoms with van der Waals surface area (Å²) in [4.78, 5) is 19.5. The van der Waals surface area contributed by atoms with Crippen LogP contribution in [0.2, 0.25) is 0 Å². The van der Waals surface area contributed by atoms with Crippen molar-refractivity contribution < 1.29 is 19.0 Å². The van der Waals surface area contributed by atoms with Crippen LogP contribution in [0.5, 0.6) is 17.2 Å². The molecule has 28 heavy (non-hydrogen) atoms. The van der Waals surface area contributed by atoms with Gasteiger partial charge in [0.15, 0.2) is 16.6 Å². The summed E-state index contributed by atoms with van der Waals surface area (Å²) >= 11 is 1.53. The number of para-hydroxylation sites is 1. The number of rotatable bonds is 7. The molecule has 0 unspecified atom stereocenters. The first-order valence-electron chi connectivity index (χ1n) is 8.97. The summed E-state index contributed by atoms with van der Waals surface area (Å²) in [5, 5.41) is 0.712. The molecule has 2 aromatic carbocycles. The van der Waals surface area contributed by atoms with Crippen LogP contribution in [0.4, 0.5) is 5.13 Å². The number of hydrogen-bond acceptors (Lipinski definition) is 6. The molecule has 1 aromatic heterocycles. The fourth-order valence-electron chi connectivity index (χ4n) is 3.12. The van der Waals surface area contributed by atoms with Crippen molar-refractivity contribution in [2.45, 2.75) is 20.3 Å². The Morgan fingerprint density at radius 2 is 1.79 bits per heavy atom. The Morgan fingerprint density at radius 3 is 2.32 bits per heavy atom. The molecule has 1 heterocycles. The first-order valence-corrected chi connectivity index (χ1v) is 9.79. The first-order chi connectivity index (χ1) is 13.5. The Kier molecular flexibility index (Phi) is 6.04. The lowest BCUT2D eigenvalue weighted by molar-refractivity contribution is -0.117. The molecule has 0 aliphatic heterocycles. The smallest absolute Gasteiger partial charge is 0.233 e. The van der Waals surface area contributed by atoms with E-state index in [1.807, 2.05) is 32.0 Å². The molecule has 6 nitrogen and oxygen atoms in total. The van der Waals surface area contributed by atoms with Crippen LogP contribution in [0.15, 0.2) is 30.3 Å². The SMILES string of the molecule is CCN(C(=O)Cc1cc(OC)c(OC)c(OC)c1)c1nc2c(C)cccc2s1. The molecule has 0 atom stereocenters. The van der Waals surface area contributed by atoms with Crippen molar-refractivity contribution in [1.29, 1.82) is 0 Å². The minimum absolute atomic E-state index is 0.0338. The van der Waals surface area contributed by atoms with Gasteiger partial charge in [0, 0.05) is 6.54 Å². The van der Waals surface area contributed by atoms with Gasteiger partial charge >= 0.3 is 0 Å². The predicted molar refractivity (Wildman–Crippen MR) is 112 cm³/mol. The third kappa shape index (κ3) is 3.75. The Labute approximate surface area is 168 Å². The number of likely N-dealkylation sites (N-methyl/N-ethyl adjacent to an activating group) is 1. The number of fused-ring (bicyclic) bond motifs is 1. The van der Waals surface area contributed by atoms with Crippen LogP contribution in [-0.4, -0.2) is 38.8 Å². The molecule has 1 amide bonds. The van der Waals surface area contributed by atoms with Gasteiger partial charge in [0.1, 0.15) is 0 Å². The lowest BCUT2D eigenvalue weighted by Gasteiger charge is -2.19. The summed E-state index contributed by atoms with van der Waals surface area (Å²) in [6.07, 6.45) is 0.208. The molecular formula is C21H24N2O4S. The molecule has 148 valence electrons. The molecule has 0 aliphatic rings. The second kappa shape index (κ2) is 8.48. The number of thiazole rings is 1. The van der Waals surface area contributed by atoms with Gasteiger partial charge in [-0.15, -0.1) is 0 Å². The summed E-state index contributed by atoms with van der Waals surface area (Å²) in [6, 6.07) is 9.67. The number of aryl methyl sites for hydroxylation is 1. The van der Waals surface area contributed by atoms with Crippen molar-refractivity contribution in [3.63, 3.8) is 0 Å². The van der Waals surface area contributed by atoms with Gasteiger partial charge in [-0.05, 0) is 43.2 Å². The molecule has 0 saturated carbocycles. The van der Waals surface area contributed by atoms with Gasteiger partial charge in [0.05, 0.1) is 38.0 Å². The van der Waals surface area contributed by atoms with Gasteiger partial charge in [0.25, 0.3) is 0 Å². The standard InChI is InChI=1S/C21H24N2O4S/c1-6-23(21-22-19-13(2)8-7-9-17(19)28-21)18(24)12-14-10-15(25-3)20(27-5)16(11-14)26-4/h7-11H,6,12H2,1-5H3. The number of amides is 1. The fourth-order valence-corrected chi connectivity index (χ4v) is 4.24. The fraction of sp³-hybridized carbons (Fsp3) is 0.333. The molecule has 0 radical (unpaired) electrons. The van der Waals surface area contributed by atoms with E-state index in [1.54, 1.807) is 38.4 Å². The monoisotopic (exact) mass is 400 g/mol. The first kappa shape index (κ1) is 19.9. The number of hydrogen-bond donors (Lipinski definition) is 0. The van der Waals surface area contributed by atoms with Crippen LogP contribution in [0, 0.1) is 6.92 Å². The Bertz CT molecular complexity index is 974. The average molecular weight is 401 g/mol. The quantitative estimate of drug-likeness (QED) is 0.594. The average Bonchev–Trinajstić information content (AvgIpc) is 3.12. The maximum absolute atomic E-state index is 13.0. The number of anilines is 1. The summed E-state index contributed by atoms with van der Waals surface area (Å²) < 4.78 is 17.2. The van der Waals surface area contributed by atoms with Gasteiger partial charge in [-0.25, -0.2) is 4.98 Å². The van der Waals surface area contributed by atoms with Crippen LogP contribution in [-0.2, 0) is 11.2 Å². The molecule has 0 spiro atoms. The molecule has 3 aromatic rings. The highest BCUT2D eigenvalue weighted by atomic mass is 32.1. The Morgan fingerprint density at radius 1 is 1.11 bits per heavy atom. The zero-order valence-corrected chi connectivity index (χ0v) is 17.6. The highest BCUT2D eigenvalue weighted by Crippen LogP contribution is 2.38. The van der Waals surface area contributed by atoms with Crippen molar-refractivity contribution in [2.75, 3.05) is 32.8 Å². The van der Waals surface area contributed by atoms with E-state index in [0.29, 0.717) is 28.9 Å². The second-order valence-electron chi connectivity index (χ2n) is 6.27. The molecular weight excluding hydrogens is 376 g/mol. The van der Waals surface area contributed by atoms with Gasteiger partial charge < -0.3 is 14.2 Å². The third-order valence-electron chi connectivity index (χ3n) is 4.54. The summed E-state index contributed by atoms with van der Waals surface area (Å²) in [5.74, 6) is 1.54. The van der Waals surface area contributed by atoms with Crippen LogP contribution in [0.3, 0.4) is 0 Å². The zero-order valence-electron chi connectivity index (χ0n) is 16.7. The van der Waals surface area contributed by atoms with E-state index in [-0.39, 0.29) is 12.3 Å². The highest BCUT2D eigenvalue weighted by Gasteiger charge is 2.21. The van der Waals surface area contributed by atoms with E-state index < -0.39 is 0 Å². The Balaban J connectivity index is 1.90. The van der Waals surface area contributed by atoms with Crippen molar-refractivity contribution in [3.05, 3.63) is 41.5 Å². The molecule has 0 saturated heterocycles. The number of carbonyl (C=O) groups excluding carboxylic acids is 1. The van der Waals surface area contributed by atoms with E-state index in [2.05, 4.69) is 0 Å². The third-order valence-corrected chi connectivity index (χ3v) is 5.58. The lowest BCUT2D eigenvalue weighted by atomic mass is 10.1. The minimum atomic E-state index is -0.0338. The second-order valence-corrected chi connectivity index (χ2v) is 7.28. The van der Waals surface area contributed by atoms with Crippen molar-refractivity contribution in [3.8, 4) is 17.2 Å². The number of nitrogens with zero attached hydrogens (tertiary/aromatic N) is 2. The van der Waals surface area contributed by atoms with Crippen LogP contribution >= 0.6 is 11.3 Å². The maximum atomic E-state index is 13.0. The van der Waals surface area contributed by atoms with Crippen LogP contribution in [0.1, 0.15) is 18.1 Å². The van der Waals surface area contributed by atoms with E-state index in [1.165, 1.54) is 11.3 Å². The van der Waals surface area contributed by atoms with E-state index in [4.69, 9.17) is 19.2 Å². The number of aromatic nitrogens is 1. The molecule has 0 N–H and O–H groups in total. The van der Waals surface area contributed by atoms with Crippen LogP contribution in [0.25, 0.3) is 10.2 Å². The van der Waals surface area contributed by atoms with Crippen molar-refractivity contribution in [2.24, 2.45) is 0 Å². The number of benzene rings is 2. The summed E-state index contributed by atoms with van der Waals surface area (Å²) in [7, 11) is 4.68. The van der Waals surface area contributed by atoms with Gasteiger partial charge in [-0.3, -0.25) is 9.69 Å². The summed E-state index contributed by atoms with van der Waals surface area (Å²) in [6.45, 7) is 4.52. The topological polar surface area (TPSA) is 60.9 Å². The lowest BCUT2D eigenvalue weighted by Crippen LogP contribution is -2.31. The highest BCUT2D eigenvalue weighted by molar-refractivity contribution is 7.22. The Hall–Kier alpha value is -2.80. The van der Waals surface area contributed by atoms with Gasteiger partial charge in [0.2, 0.25) is 11.7 Å². The normalized spacial score (nSPS) is 10.8. The molecule has 0 aliphatic carbocycles. The van der Waals surface area contributed by atoms with Crippen molar-refractivity contribution >= 4 is 32.6 Å². The van der Waals surface area contributed by atoms with Gasteiger partial charge in [-0.1, -0.05) is 23.5 Å². The van der Waals surface area contributed by atoms with Crippen LogP contribution < -0.4 is 19.1 Å². The van der Waals surface area contributed by atoms with E-state index >= 15 is 0 Å². The van der Waals surface area contributed by atoms with E-state index in [9.17, 15) is 4.79 Å². The minimum Gasteiger partial charge on any atom is -0.493 e. The molecule has 0 fully saturated rings. The van der Waals surface area contributed by atoms with E-state index in [0.717, 1.165) is 21.3 Å². The molecule has 3 rings (SSSR count). The number of carbonyl (C=O) groups is 1. The van der Waals surface area contributed by atoms with Gasteiger partial charge in [-0.2, -0.15) is 0 Å². The predicted octanol–water partition coefficient (Wildman–Crippen LogP) is 4.23. The maximum Gasteiger partial charge on any atom is 0.233 e. The van der Waals surface area contributed by atoms with Crippen molar-refractivity contribution in [1.82, 2.24) is 4.98 Å². The largest absolute Gasteiger partial charge is 0.493 e. The zero-order chi connectivity index (χ0) is 20.3. The molecule has 7 heteroatoms. The summed E-state index contributed by atoms with van der Waals surface area (Å²) in [5.41, 5.74) is 2.84.